The van der Waals surface area contributed by atoms with E-state index < -0.39 is 17.6 Å². The first-order valence-corrected chi connectivity index (χ1v) is 9.22. The Bertz CT molecular complexity index is 1120. The number of carbonyl (C=O) groups excluding carboxylic acids is 2. The molecule has 1 aliphatic rings. The monoisotopic (exact) mass is 386 g/mol. The summed E-state index contributed by atoms with van der Waals surface area (Å²) in [5.41, 5.74) is 2.82. The molecule has 0 aromatic heterocycles. The molecule has 4 rings (SSSR count). The second-order valence-electron chi connectivity index (χ2n) is 6.88. The highest BCUT2D eigenvalue weighted by molar-refractivity contribution is 6.46. The van der Waals surface area contributed by atoms with Gasteiger partial charge in [0.1, 0.15) is 11.5 Å². The molecule has 29 heavy (non-hydrogen) atoms. The lowest BCUT2D eigenvalue weighted by molar-refractivity contribution is -0.120. The fourth-order valence-electron chi connectivity index (χ4n) is 3.44. The Balaban J connectivity index is 1.90. The molecule has 5 heteroatoms. The number of carbonyl (C=O) groups is 2. The van der Waals surface area contributed by atoms with Crippen LogP contribution in [0, 0.1) is 12.7 Å². The number of hydrogen-bond donors (Lipinski definition) is 0. The third-order valence-corrected chi connectivity index (χ3v) is 4.97. The van der Waals surface area contributed by atoms with Crippen molar-refractivity contribution in [3.63, 3.8) is 0 Å². The van der Waals surface area contributed by atoms with Gasteiger partial charge in [-0.2, -0.15) is 0 Å². The molecule has 3 aromatic carbocycles. The van der Waals surface area contributed by atoms with E-state index in [9.17, 15) is 14.0 Å². The number of likely N-dealkylation sites (N-methyl/N-ethyl adjacent to an activating group) is 1. The normalized spacial score (nSPS) is 14.0. The highest BCUT2D eigenvalue weighted by atomic mass is 19.1. The fourth-order valence-corrected chi connectivity index (χ4v) is 3.44. The molecule has 0 radical (unpaired) electrons. The second kappa shape index (κ2) is 7.36. The predicted molar refractivity (Wildman–Crippen MR) is 112 cm³/mol. The van der Waals surface area contributed by atoms with Gasteiger partial charge in [-0.1, -0.05) is 60.2 Å². The number of rotatable bonds is 4. The van der Waals surface area contributed by atoms with Crippen molar-refractivity contribution in [3.05, 3.63) is 102 Å². The third kappa shape index (κ3) is 3.21. The molecule has 1 heterocycles. The van der Waals surface area contributed by atoms with Gasteiger partial charge in [-0.15, -0.1) is 0 Å². The zero-order chi connectivity index (χ0) is 20.5. The molecule has 0 aliphatic carbocycles. The van der Waals surface area contributed by atoms with E-state index in [0.717, 1.165) is 16.2 Å². The number of benzene rings is 3. The van der Waals surface area contributed by atoms with Crippen LogP contribution >= 0.6 is 0 Å². The number of para-hydroxylation sites is 2. The van der Waals surface area contributed by atoms with Gasteiger partial charge in [0.05, 0.1) is 11.3 Å². The minimum Gasteiger partial charge on any atom is -0.339 e. The molecule has 0 spiro atoms. The molecule has 2 amide bonds. The quantitative estimate of drug-likeness (QED) is 0.618. The molecular weight excluding hydrogens is 367 g/mol. The Morgan fingerprint density at radius 1 is 0.793 bits per heavy atom. The van der Waals surface area contributed by atoms with Gasteiger partial charge >= 0.3 is 0 Å². The van der Waals surface area contributed by atoms with Crippen LogP contribution in [0.3, 0.4) is 0 Å². The summed E-state index contributed by atoms with van der Waals surface area (Å²) in [5, 5.41) is 0. The number of halogens is 1. The number of anilines is 2. The maximum absolute atomic E-state index is 14.4. The molecule has 0 saturated heterocycles. The summed E-state index contributed by atoms with van der Waals surface area (Å²) in [6.07, 6.45) is 0. The van der Waals surface area contributed by atoms with Gasteiger partial charge in [-0.25, -0.2) is 9.29 Å². The largest absolute Gasteiger partial charge is 0.339 e. The summed E-state index contributed by atoms with van der Waals surface area (Å²) in [4.78, 5) is 29.3. The first kappa shape index (κ1) is 18.6. The SMILES string of the molecule is Cc1ccc(C2=C(N(C)c3ccccc3)C(=O)N(c3ccccc3F)C2=O)cc1. The summed E-state index contributed by atoms with van der Waals surface area (Å²) in [6.45, 7) is 1.95. The molecule has 4 nitrogen and oxygen atoms in total. The van der Waals surface area contributed by atoms with E-state index in [0.29, 0.717) is 5.56 Å². The van der Waals surface area contributed by atoms with Crippen LogP contribution in [0.4, 0.5) is 15.8 Å². The minimum atomic E-state index is -0.624. The average Bonchev–Trinajstić information content (AvgIpc) is 2.99. The molecule has 0 N–H and O–H groups in total. The van der Waals surface area contributed by atoms with E-state index in [2.05, 4.69) is 0 Å². The highest BCUT2D eigenvalue weighted by Gasteiger charge is 2.42. The van der Waals surface area contributed by atoms with Crippen LogP contribution in [-0.4, -0.2) is 18.9 Å². The lowest BCUT2D eigenvalue weighted by Gasteiger charge is -2.21. The van der Waals surface area contributed by atoms with Gasteiger partial charge in [0, 0.05) is 12.7 Å². The molecule has 0 fully saturated rings. The van der Waals surface area contributed by atoms with E-state index in [-0.39, 0.29) is 17.0 Å². The molecule has 0 bridgehead atoms. The van der Waals surface area contributed by atoms with Crippen LogP contribution in [-0.2, 0) is 9.59 Å². The van der Waals surface area contributed by atoms with Crippen LogP contribution in [0.1, 0.15) is 11.1 Å². The van der Waals surface area contributed by atoms with Gasteiger partial charge in [0.25, 0.3) is 11.8 Å². The molecule has 0 atom stereocenters. The van der Waals surface area contributed by atoms with Crippen molar-refractivity contribution < 1.29 is 14.0 Å². The number of imide groups is 1. The van der Waals surface area contributed by atoms with Crippen molar-refractivity contribution in [1.29, 1.82) is 0 Å². The Kier molecular flexibility index (Phi) is 4.72. The molecule has 3 aromatic rings. The van der Waals surface area contributed by atoms with Crippen LogP contribution < -0.4 is 9.80 Å². The fraction of sp³-hybridized carbons (Fsp3) is 0.0833. The maximum atomic E-state index is 14.4. The Morgan fingerprint density at radius 3 is 2.07 bits per heavy atom. The Morgan fingerprint density at radius 2 is 1.41 bits per heavy atom. The van der Waals surface area contributed by atoms with E-state index >= 15 is 0 Å². The second-order valence-corrected chi connectivity index (χ2v) is 6.88. The first-order valence-electron chi connectivity index (χ1n) is 9.22. The first-order chi connectivity index (χ1) is 14.0. The minimum absolute atomic E-state index is 0.0522. The Hall–Kier alpha value is -3.73. The van der Waals surface area contributed by atoms with Crippen molar-refractivity contribution in [2.75, 3.05) is 16.8 Å². The molecule has 144 valence electrons. The average molecular weight is 386 g/mol. The van der Waals surface area contributed by atoms with Gasteiger partial charge < -0.3 is 4.90 Å². The molecule has 1 aliphatic heterocycles. The van der Waals surface area contributed by atoms with Crippen LogP contribution in [0.2, 0.25) is 0 Å². The topological polar surface area (TPSA) is 40.6 Å². The summed E-state index contributed by atoms with van der Waals surface area (Å²) >= 11 is 0. The van der Waals surface area contributed by atoms with Crippen LogP contribution in [0.25, 0.3) is 5.57 Å². The van der Waals surface area contributed by atoms with E-state index in [1.807, 2.05) is 49.4 Å². The highest BCUT2D eigenvalue weighted by Crippen LogP contribution is 2.36. The van der Waals surface area contributed by atoms with Crippen LogP contribution in [0.5, 0.6) is 0 Å². The standard InChI is InChI=1S/C24H19FN2O2/c1-16-12-14-17(15-13-16)21-22(26(2)18-8-4-3-5-9-18)24(29)27(23(21)28)20-11-7-6-10-19(20)25/h3-15H,1-2H3. The number of amides is 2. The van der Waals surface area contributed by atoms with Crippen molar-refractivity contribution in [2.45, 2.75) is 6.92 Å². The third-order valence-electron chi connectivity index (χ3n) is 4.97. The molecule has 0 saturated carbocycles. The van der Waals surface area contributed by atoms with Gasteiger partial charge in [-0.05, 0) is 36.8 Å². The van der Waals surface area contributed by atoms with Gasteiger partial charge in [0.15, 0.2) is 0 Å². The van der Waals surface area contributed by atoms with Crippen molar-refractivity contribution >= 4 is 28.8 Å². The lowest BCUT2D eigenvalue weighted by atomic mass is 10.0. The zero-order valence-corrected chi connectivity index (χ0v) is 16.1. The molecular formula is C24H19FN2O2. The van der Waals surface area contributed by atoms with Crippen molar-refractivity contribution in [3.8, 4) is 0 Å². The van der Waals surface area contributed by atoms with E-state index in [1.54, 1.807) is 30.1 Å². The predicted octanol–water partition coefficient (Wildman–Crippen LogP) is 4.56. The summed E-state index contributed by atoms with van der Waals surface area (Å²) in [6, 6.07) is 22.5. The summed E-state index contributed by atoms with van der Waals surface area (Å²) in [5.74, 6) is -1.72. The van der Waals surface area contributed by atoms with E-state index in [4.69, 9.17) is 0 Å². The smallest absolute Gasteiger partial charge is 0.282 e. The number of aryl methyl sites for hydroxylation is 1. The number of nitrogens with zero attached hydrogens (tertiary/aromatic N) is 2. The lowest BCUT2D eigenvalue weighted by Crippen LogP contribution is -2.34. The summed E-state index contributed by atoms with van der Waals surface area (Å²) in [7, 11) is 1.73. The molecule has 0 unspecified atom stereocenters. The van der Waals surface area contributed by atoms with E-state index in [1.165, 1.54) is 18.2 Å². The van der Waals surface area contributed by atoms with Crippen molar-refractivity contribution in [1.82, 2.24) is 0 Å². The van der Waals surface area contributed by atoms with Gasteiger partial charge in [-0.3, -0.25) is 9.59 Å². The van der Waals surface area contributed by atoms with Crippen molar-refractivity contribution in [2.24, 2.45) is 0 Å². The number of hydrogen-bond acceptors (Lipinski definition) is 3. The summed E-state index contributed by atoms with van der Waals surface area (Å²) < 4.78 is 14.4. The zero-order valence-electron chi connectivity index (χ0n) is 16.1. The van der Waals surface area contributed by atoms with Crippen LogP contribution in [0.15, 0.2) is 84.6 Å². The van der Waals surface area contributed by atoms with Gasteiger partial charge in [0.2, 0.25) is 0 Å². The Labute approximate surface area is 168 Å². The maximum Gasteiger partial charge on any atom is 0.282 e.